The zero-order valence-electron chi connectivity index (χ0n) is 14.1. The van der Waals surface area contributed by atoms with Gasteiger partial charge in [0, 0.05) is 16.8 Å². The van der Waals surface area contributed by atoms with Crippen molar-refractivity contribution in [1.82, 2.24) is 0 Å². The number of amides is 1. The summed E-state index contributed by atoms with van der Waals surface area (Å²) in [5.74, 6) is 0.0845. The Balaban J connectivity index is 1.56. The van der Waals surface area contributed by atoms with Gasteiger partial charge in [0.2, 0.25) is 0 Å². The zero-order chi connectivity index (χ0) is 19.2. The molecule has 1 N–H and O–H groups in total. The van der Waals surface area contributed by atoms with Gasteiger partial charge < -0.3 is 10.1 Å². The van der Waals surface area contributed by atoms with Crippen LogP contribution in [0.5, 0.6) is 5.75 Å². The quantitative estimate of drug-likeness (QED) is 0.576. The van der Waals surface area contributed by atoms with Crippen LogP contribution in [0.2, 0.25) is 10.0 Å². The second-order valence-electron chi connectivity index (χ2n) is 5.69. The lowest BCUT2D eigenvalue weighted by Gasteiger charge is -2.09. The maximum absolute atomic E-state index is 12.4. The minimum absolute atomic E-state index is 0.0699. The summed E-state index contributed by atoms with van der Waals surface area (Å²) in [6.45, 7) is -0.174. The Bertz CT molecular complexity index is 957. The van der Waals surface area contributed by atoms with E-state index in [1.54, 1.807) is 54.6 Å². The fraction of sp³-hybridized carbons (Fsp3) is 0.0476. The largest absolute Gasteiger partial charge is 0.484 e. The second-order valence-corrected chi connectivity index (χ2v) is 6.50. The average molecular weight is 400 g/mol. The lowest BCUT2D eigenvalue weighted by molar-refractivity contribution is -0.118. The van der Waals surface area contributed by atoms with Crippen LogP contribution in [0.25, 0.3) is 0 Å². The third-order valence-electron chi connectivity index (χ3n) is 3.73. The molecule has 0 bridgehead atoms. The summed E-state index contributed by atoms with van der Waals surface area (Å²) in [5, 5.41) is 3.44. The average Bonchev–Trinajstić information content (AvgIpc) is 2.70. The van der Waals surface area contributed by atoms with E-state index >= 15 is 0 Å². The molecule has 0 radical (unpaired) electrons. The number of rotatable bonds is 6. The highest BCUT2D eigenvalue weighted by atomic mass is 35.5. The third-order valence-corrected chi connectivity index (χ3v) is 4.46. The molecular formula is C21H15Cl2NO3. The zero-order valence-corrected chi connectivity index (χ0v) is 15.6. The summed E-state index contributed by atoms with van der Waals surface area (Å²) in [5.41, 5.74) is 1.70. The Labute approximate surface area is 166 Å². The van der Waals surface area contributed by atoms with Gasteiger partial charge in [-0.25, -0.2) is 0 Å². The first kappa shape index (κ1) is 19.0. The van der Waals surface area contributed by atoms with E-state index in [0.29, 0.717) is 32.6 Å². The highest BCUT2D eigenvalue weighted by molar-refractivity contribution is 6.42. The van der Waals surface area contributed by atoms with Gasteiger partial charge >= 0.3 is 0 Å². The number of ketones is 1. The van der Waals surface area contributed by atoms with E-state index in [9.17, 15) is 9.59 Å². The normalized spacial score (nSPS) is 10.3. The molecule has 0 aliphatic heterocycles. The summed E-state index contributed by atoms with van der Waals surface area (Å²) >= 11 is 11.8. The van der Waals surface area contributed by atoms with Crippen LogP contribution in [0.4, 0.5) is 5.69 Å². The van der Waals surface area contributed by atoms with Crippen molar-refractivity contribution < 1.29 is 14.3 Å². The summed E-state index contributed by atoms with van der Waals surface area (Å²) in [6, 6.07) is 20.5. The molecule has 3 rings (SSSR count). The van der Waals surface area contributed by atoms with E-state index < -0.39 is 0 Å². The van der Waals surface area contributed by atoms with Gasteiger partial charge in [-0.1, -0.05) is 53.5 Å². The minimum atomic E-state index is -0.335. The minimum Gasteiger partial charge on any atom is -0.484 e. The molecular weight excluding hydrogens is 385 g/mol. The SMILES string of the molecule is O=C(COc1ccc(C(=O)c2ccccc2)cc1)Nc1ccc(Cl)c(Cl)c1. The van der Waals surface area contributed by atoms with Crippen molar-refractivity contribution in [2.75, 3.05) is 11.9 Å². The molecule has 27 heavy (non-hydrogen) atoms. The Hall–Kier alpha value is -2.82. The van der Waals surface area contributed by atoms with Gasteiger partial charge in [-0.3, -0.25) is 9.59 Å². The van der Waals surface area contributed by atoms with E-state index in [-0.39, 0.29) is 18.3 Å². The van der Waals surface area contributed by atoms with E-state index in [2.05, 4.69) is 5.32 Å². The molecule has 1 amide bonds. The maximum Gasteiger partial charge on any atom is 0.262 e. The Morgan fingerprint density at radius 2 is 1.48 bits per heavy atom. The Morgan fingerprint density at radius 3 is 2.15 bits per heavy atom. The molecule has 0 spiro atoms. The molecule has 3 aromatic rings. The summed E-state index contributed by atoms with van der Waals surface area (Å²) < 4.78 is 5.45. The maximum atomic E-state index is 12.4. The third kappa shape index (κ3) is 5.09. The van der Waals surface area contributed by atoms with Gasteiger partial charge in [0.15, 0.2) is 12.4 Å². The van der Waals surface area contributed by atoms with Gasteiger partial charge in [-0.05, 0) is 42.5 Å². The molecule has 0 aliphatic carbocycles. The van der Waals surface area contributed by atoms with Crippen molar-refractivity contribution in [3.63, 3.8) is 0 Å². The first-order chi connectivity index (χ1) is 13.0. The van der Waals surface area contributed by atoms with Crippen LogP contribution >= 0.6 is 23.2 Å². The van der Waals surface area contributed by atoms with E-state index in [0.717, 1.165) is 0 Å². The molecule has 136 valence electrons. The topological polar surface area (TPSA) is 55.4 Å². The predicted molar refractivity (Wildman–Crippen MR) is 107 cm³/mol. The first-order valence-electron chi connectivity index (χ1n) is 8.10. The number of carbonyl (C=O) groups excluding carboxylic acids is 2. The van der Waals surface area contributed by atoms with Crippen LogP contribution < -0.4 is 10.1 Å². The van der Waals surface area contributed by atoms with Crippen LogP contribution in [0, 0.1) is 0 Å². The van der Waals surface area contributed by atoms with Crippen LogP contribution in [0.1, 0.15) is 15.9 Å². The second kappa shape index (κ2) is 8.71. The number of halogens is 2. The summed E-state index contributed by atoms with van der Waals surface area (Å²) in [7, 11) is 0. The van der Waals surface area contributed by atoms with E-state index in [1.165, 1.54) is 0 Å². The summed E-state index contributed by atoms with van der Waals surface area (Å²) in [4.78, 5) is 24.3. The Kier molecular flexibility index (Phi) is 6.12. The fourth-order valence-electron chi connectivity index (χ4n) is 2.38. The molecule has 0 atom stereocenters. The fourth-order valence-corrected chi connectivity index (χ4v) is 2.68. The molecule has 0 fully saturated rings. The Morgan fingerprint density at radius 1 is 0.815 bits per heavy atom. The monoisotopic (exact) mass is 399 g/mol. The van der Waals surface area contributed by atoms with Gasteiger partial charge in [-0.2, -0.15) is 0 Å². The number of ether oxygens (including phenoxy) is 1. The van der Waals surface area contributed by atoms with Crippen LogP contribution in [-0.2, 0) is 4.79 Å². The highest BCUT2D eigenvalue weighted by Gasteiger charge is 2.09. The van der Waals surface area contributed by atoms with E-state index in [1.807, 2.05) is 18.2 Å². The van der Waals surface area contributed by atoms with Crippen molar-refractivity contribution in [2.45, 2.75) is 0 Å². The van der Waals surface area contributed by atoms with Crippen LogP contribution in [0.15, 0.2) is 72.8 Å². The number of anilines is 1. The molecule has 0 aliphatic rings. The van der Waals surface area contributed by atoms with Crippen LogP contribution in [0.3, 0.4) is 0 Å². The standard InChI is InChI=1S/C21H15Cl2NO3/c22-18-11-8-16(12-19(18)23)24-20(25)13-27-17-9-6-15(7-10-17)21(26)14-4-2-1-3-5-14/h1-12H,13H2,(H,24,25). The smallest absolute Gasteiger partial charge is 0.262 e. The lowest BCUT2D eigenvalue weighted by Crippen LogP contribution is -2.20. The van der Waals surface area contributed by atoms with Crippen molar-refractivity contribution in [3.8, 4) is 5.75 Å². The van der Waals surface area contributed by atoms with E-state index in [4.69, 9.17) is 27.9 Å². The molecule has 0 unspecified atom stereocenters. The first-order valence-corrected chi connectivity index (χ1v) is 8.86. The number of benzene rings is 3. The molecule has 4 nitrogen and oxygen atoms in total. The van der Waals surface area contributed by atoms with Gasteiger partial charge in [0.1, 0.15) is 5.75 Å². The van der Waals surface area contributed by atoms with Gasteiger partial charge in [0.25, 0.3) is 5.91 Å². The molecule has 0 saturated carbocycles. The number of carbonyl (C=O) groups is 2. The van der Waals surface area contributed by atoms with Crippen molar-refractivity contribution in [2.24, 2.45) is 0 Å². The van der Waals surface area contributed by atoms with Gasteiger partial charge in [0.05, 0.1) is 10.0 Å². The highest BCUT2D eigenvalue weighted by Crippen LogP contribution is 2.25. The van der Waals surface area contributed by atoms with Crippen LogP contribution in [-0.4, -0.2) is 18.3 Å². The number of hydrogen-bond donors (Lipinski definition) is 1. The lowest BCUT2D eigenvalue weighted by atomic mass is 10.0. The number of hydrogen-bond acceptors (Lipinski definition) is 3. The molecule has 0 saturated heterocycles. The molecule has 3 aromatic carbocycles. The van der Waals surface area contributed by atoms with Gasteiger partial charge in [-0.15, -0.1) is 0 Å². The molecule has 6 heteroatoms. The van der Waals surface area contributed by atoms with Crippen molar-refractivity contribution in [1.29, 1.82) is 0 Å². The predicted octanol–water partition coefficient (Wildman–Crippen LogP) is 5.24. The van der Waals surface area contributed by atoms with Crippen molar-refractivity contribution in [3.05, 3.63) is 94.0 Å². The molecule has 0 heterocycles. The molecule has 0 aromatic heterocycles. The van der Waals surface area contributed by atoms with Crippen molar-refractivity contribution >= 4 is 40.6 Å². The number of nitrogens with one attached hydrogen (secondary N) is 1. The summed E-state index contributed by atoms with van der Waals surface area (Å²) in [6.07, 6.45) is 0.